The second kappa shape index (κ2) is 7.41. The summed E-state index contributed by atoms with van der Waals surface area (Å²) in [4.78, 5) is 28.2. The van der Waals surface area contributed by atoms with E-state index in [1.54, 1.807) is 38.1 Å². The smallest absolute Gasteiger partial charge is 0.429 e. The van der Waals surface area contributed by atoms with Crippen LogP contribution in [0.4, 0.5) is 0 Å². The number of nitrogens with zero attached hydrogens (tertiary/aromatic N) is 1. The van der Waals surface area contributed by atoms with E-state index in [0.717, 1.165) is 0 Å². The largest absolute Gasteiger partial charge is 0.460 e. The van der Waals surface area contributed by atoms with Crippen LogP contribution in [0, 0.1) is 0 Å². The van der Waals surface area contributed by atoms with Crippen molar-refractivity contribution < 1.29 is 23.5 Å². The maximum Gasteiger partial charge on any atom is 0.429 e. The Hall–Kier alpha value is -2.15. The molecule has 1 atom stereocenters. The zero-order valence-corrected chi connectivity index (χ0v) is 13.7. The minimum atomic E-state index is -3.85. The van der Waals surface area contributed by atoms with Crippen molar-refractivity contribution in [1.82, 2.24) is 15.1 Å². The molecular weight excluding hydrogens is 321 g/mol. The number of carbonyl (C=O) groups is 1. The molecule has 124 valence electrons. The number of hydrogen-bond acceptors (Lipinski definition) is 5. The van der Waals surface area contributed by atoms with E-state index in [9.17, 15) is 14.3 Å². The van der Waals surface area contributed by atoms with Gasteiger partial charge in [-0.1, -0.05) is 12.1 Å². The van der Waals surface area contributed by atoms with E-state index in [0.29, 0.717) is 16.6 Å². The molecule has 0 amide bonds. The molecule has 1 heterocycles. The number of hydrogen-bond donors (Lipinski definition) is 3. The summed E-state index contributed by atoms with van der Waals surface area (Å²) in [5.41, 5.74) is 1.88. The van der Waals surface area contributed by atoms with E-state index in [-0.39, 0.29) is 19.0 Å². The first-order valence-electron chi connectivity index (χ1n) is 7.04. The third-order valence-corrected chi connectivity index (χ3v) is 3.90. The van der Waals surface area contributed by atoms with Gasteiger partial charge in [0.25, 0.3) is 0 Å². The average Bonchev–Trinajstić information content (AvgIpc) is 2.92. The number of para-hydroxylation sites is 1. The molecule has 0 bridgehead atoms. The second-order valence-corrected chi connectivity index (χ2v) is 6.01. The minimum Gasteiger partial charge on any atom is -0.460 e. The van der Waals surface area contributed by atoms with Gasteiger partial charge in [0.2, 0.25) is 5.82 Å². The number of aromatic amines is 1. The predicted molar refractivity (Wildman–Crippen MR) is 85.7 cm³/mol. The van der Waals surface area contributed by atoms with Gasteiger partial charge in [0.1, 0.15) is 0 Å². The first-order chi connectivity index (χ1) is 11.0. The lowest BCUT2D eigenvalue weighted by Crippen LogP contribution is -2.06. The van der Waals surface area contributed by atoms with Crippen molar-refractivity contribution in [2.75, 3.05) is 13.2 Å². The van der Waals surface area contributed by atoms with Crippen LogP contribution in [0.3, 0.4) is 0 Å². The van der Waals surface area contributed by atoms with Crippen LogP contribution in [0.2, 0.25) is 0 Å². The molecule has 0 aliphatic rings. The van der Waals surface area contributed by atoms with Crippen LogP contribution in [0.25, 0.3) is 17.1 Å². The average molecular weight is 339 g/mol. The topological polar surface area (TPSA) is 114 Å². The van der Waals surface area contributed by atoms with Crippen LogP contribution in [-0.4, -0.2) is 34.0 Å². The van der Waals surface area contributed by atoms with E-state index in [1.807, 2.05) is 0 Å². The van der Waals surface area contributed by atoms with Gasteiger partial charge >= 0.3 is 13.7 Å². The van der Waals surface area contributed by atoms with Crippen molar-refractivity contribution >= 4 is 30.8 Å². The Morgan fingerprint density at radius 2 is 2.22 bits per heavy atom. The van der Waals surface area contributed by atoms with Gasteiger partial charge in [0, 0.05) is 11.8 Å². The molecule has 0 aliphatic carbocycles. The molecule has 3 N–H and O–H groups in total. The third-order valence-electron chi connectivity index (χ3n) is 2.82. The second-order valence-electron chi connectivity index (χ2n) is 4.45. The van der Waals surface area contributed by atoms with E-state index in [1.165, 1.54) is 6.20 Å². The van der Waals surface area contributed by atoms with Crippen LogP contribution < -0.4 is 5.09 Å². The fraction of sp³-hybridized carbons (Fsp3) is 0.286. The Morgan fingerprint density at radius 3 is 2.91 bits per heavy atom. The lowest BCUT2D eigenvalue weighted by atomic mass is 10.2. The van der Waals surface area contributed by atoms with Crippen molar-refractivity contribution in [2.45, 2.75) is 13.8 Å². The zero-order valence-electron chi connectivity index (χ0n) is 12.8. The van der Waals surface area contributed by atoms with Crippen LogP contribution >= 0.6 is 7.75 Å². The lowest BCUT2D eigenvalue weighted by Gasteiger charge is -2.09. The van der Waals surface area contributed by atoms with Crippen molar-refractivity contribution in [1.29, 1.82) is 0 Å². The minimum absolute atomic E-state index is 0.109. The Labute approximate surface area is 133 Å². The highest BCUT2D eigenvalue weighted by Crippen LogP contribution is 2.36. The van der Waals surface area contributed by atoms with Crippen molar-refractivity contribution in [3.63, 3.8) is 0 Å². The predicted octanol–water partition coefficient (Wildman–Crippen LogP) is 2.44. The highest BCUT2D eigenvalue weighted by Gasteiger charge is 2.16. The SMILES string of the molecule is CCOC(=O)c1nc2c(/C=C/NP(=O)(O)OCC)cccc2[nH]1. The van der Waals surface area contributed by atoms with Crippen LogP contribution in [0.1, 0.15) is 30.0 Å². The van der Waals surface area contributed by atoms with Gasteiger partial charge < -0.3 is 14.6 Å². The highest BCUT2D eigenvalue weighted by atomic mass is 31.2. The standard InChI is InChI=1S/C14H18N3O5P/c1-3-21-14(18)13-16-11-7-5-6-10(12(11)17-13)8-9-15-23(19,20)22-4-2/h5-9H,3-4H2,1-2H3,(H,16,17)(H2,15,19,20)/b9-8+. The maximum atomic E-state index is 11.7. The highest BCUT2D eigenvalue weighted by molar-refractivity contribution is 7.50. The van der Waals surface area contributed by atoms with E-state index in [2.05, 4.69) is 19.6 Å². The molecular formula is C14H18N3O5P. The number of benzene rings is 1. The number of rotatable bonds is 7. The van der Waals surface area contributed by atoms with Crippen LogP contribution in [-0.2, 0) is 13.8 Å². The summed E-state index contributed by atoms with van der Waals surface area (Å²) in [5, 5.41) is 2.30. The normalized spacial score (nSPS) is 14.0. The zero-order chi connectivity index (χ0) is 16.9. The molecule has 0 saturated carbocycles. The van der Waals surface area contributed by atoms with Gasteiger partial charge in [0.15, 0.2) is 0 Å². The quantitative estimate of drug-likeness (QED) is 0.524. The number of carbonyl (C=O) groups excluding carboxylic acids is 1. The molecule has 0 radical (unpaired) electrons. The molecule has 0 aliphatic heterocycles. The first-order valence-corrected chi connectivity index (χ1v) is 8.62. The molecule has 9 heteroatoms. The van der Waals surface area contributed by atoms with Gasteiger partial charge in [-0.05, 0) is 26.0 Å². The van der Waals surface area contributed by atoms with Gasteiger partial charge in [-0.3, -0.25) is 9.61 Å². The molecule has 0 fully saturated rings. The fourth-order valence-electron chi connectivity index (χ4n) is 1.92. The van der Waals surface area contributed by atoms with Crippen LogP contribution in [0.15, 0.2) is 24.4 Å². The molecule has 1 aromatic heterocycles. The van der Waals surface area contributed by atoms with Gasteiger partial charge in [-0.2, -0.15) is 0 Å². The van der Waals surface area contributed by atoms with Gasteiger partial charge in [-0.15, -0.1) is 0 Å². The first kappa shape index (κ1) is 17.2. The summed E-state index contributed by atoms with van der Waals surface area (Å²) in [5.74, 6) is -0.425. The molecule has 1 unspecified atom stereocenters. The molecule has 23 heavy (non-hydrogen) atoms. The summed E-state index contributed by atoms with van der Waals surface area (Å²) < 4.78 is 21.1. The van der Waals surface area contributed by atoms with Crippen molar-refractivity contribution in [2.24, 2.45) is 0 Å². The number of ether oxygens (including phenoxy) is 1. The van der Waals surface area contributed by atoms with Crippen molar-refractivity contribution in [3.8, 4) is 0 Å². The summed E-state index contributed by atoms with van der Waals surface area (Å²) in [6.07, 6.45) is 2.88. The number of imidazole rings is 1. The van der Waals surface area contributed by atoms with E-state index in [4.69, 9.17) is 4.74 Å². The number of esters is 1. The Bertz CT molecular complexity index is 771. The summed E-state index contributed by atoms with van der Waals surface area (Å²) in [6.45, 7) is 3.71. The Balaban J connectivity index is 2.24. The summed E-state index contributed by atoms with van der Waals surface area (Å²) in [7, 11) is -3.85. The van der Waals surface area contributed by atoms with Gasteiger partial charge in [0.05, 0.1) is 24.2 Å². The molecule has 2 aromatic rings. The Morgan fingerprint density at radius 1 is 1.43 bits per heavy atom. The fourth-order valence-corrected chi connectivity index (χ4v) is 2.61. The molecule has 2 rings (SSSR count). The summed E-state index contributed by atoms with van der Waals surface area (Å²) in [6, 6.07) is 5.31. The van der Waals surface area contributed by atoms with E-state index >= 15 is 0 Å². The molecule has 8 nitrogen and oxygen atoms in total. The monoisotopic (exact) mass is 339 g/mol. The van der Waals surface area contributed by atoms with Crippen LogP contribution in [0.5, 0.6) is 0 Å². The third kappa shape index (κ3) is 4.41. The Kier molecular flexibility index (Phi) is 5.54. The number of nitrogens with one attached hydrogen (secondary N) is 2. The number of H-pyrrole nitrogens is 1. The molecule has 0 spiro atoms. The van der Waals surface area contributed by atoms with Crippen molar-refractivity contribution in [3.05, 3.63) is 35.8 Å². The lowest BCUT2D eigenvalue weighted by molar-refractivity contribution is 0.0513. The van der Waals surface area contributed by atoms with Gasteiger partial charge in [-0.25, -0.2) is 14.3 Å². The molecule has 0 saturated heterocycles. The summed E-state index contributed by atoms with van der Waals surface area (Å²) >= 11 is 0. The number of aromatic nitrogens is 2. The number of fused-ring (bicyclic) bond motifs is 1. The molecule has 1 aromatic carbocycles. The maximum absolute atomic E-state index is 11.7. The van der Waals surface area contributed by atoms with E-state index < -0.39 is 13.7 Å².